The highest BCUT2D eigenvalue weighted by Gasteiger charge is 2.25. The van der Waals surface area contributed by atoms with Crippen LogP contribution in [0.1, 0.15) is 30.3 Å². The molecule has 6 heteroatoms. The lowest BCUT2D eigenvalue weighted by Crippen LogP contribution is -2.39. The summed E-state index contributed by atoms with van der Waals surface area (Å²) < 4.78 is 0. The van der Waals surface area contributed by atoms with Gasteiger partial charge in [-0.3, -0.25) is 4.79 Å². The van der Waals surface area contributed by atoms with Crippen molar-refractivity contribution in [3.8, 4) is 0 Å². The molecule has 1 amide bonds. The molecule has 1 aromatic rings. The van der Waals surface area contributed by atoms with E-state index < -0.39 is 0 Å². The Kier molecular flexibility index (Phi) is 4.45. The quantitative estimate of drug-likeness (QED) is 0.619. The Labute approximate surface area is 116 Å². The van der Waals surface area contributed by atoms with Crippen molar-refractivity contribution in [2.24, 2.45) is 5.92 Å². The molecule has 0 saturated carbocycles. The largest absolute Gasteiger partial charge is 0.337 e. The van der Waals surface area contributed by atoms with Crippen LogP contribution in [0.25, 0.3) is 0 Å². The summed E-state index contributed by atoms with van der Waals surface area (Å²) in [6.45, 7) is 3.74. The van der Waals surface area contributed by atoms with Gasteiger partial charge in [0.05, 0.1) is 11.2 Å². The Morgan fingerprint density at radius 2 is 2.39 bits per heavy atom. The summed E-state index contributed by atoms with van der Waals surface area (Å²) in [6, 6.07) is 0. The van der Waals surface area contributed by atoms with Crippen LogP contribution >= 0.6 is 23.4 Å². The fourth-order valence-corrected chi connectivity index (χ4v) is 2.64. The number of amides is 1. The van der Waals surface area contributed by atoms with Gasteiger partial charge in [-0.25, -0.2) is 9.97 Å². The molecule has 1 atom stereocenters. The van der Waals surface area contributed by atoms with Gasteiger partial charge in [-0.15, -0.1) is 0 Å². The maximum atomic E-state index is 12.4. The monoisotopic (exact) mass is 285 g/mol. The minimum absolute atomic E-state index is 0.0794. The highest BCUT2D eigenvalue weighted by Crippen LogP contribution is 2.21. The number of halogens is 1. The van der Waals surface area contributed by atoms with E-state index in [0.717, 1.165) is 19.5 Å². The fraction of sp³-hybridized carbons (Fsp3) is 0.583. The standard InChI is InChI=1S/C12H16ClN3OS/c1-8-4-3-5-16(7-8)11(17)10-9(13)6-14-12(15-10)18-2/h6,8H,3-5,7H2,1-2H3. The number of thioether (sulfide) groups is 1. The lowest BCUT2D eigenvalue weighted by atomic mass is 10.00. The van der Waals surface area contributed by atoms with Crippen molar-refractivity contribution in [3.05, 3.63) is 16.9 Å². The average molecular weight is 286 g/mol. The maximum absolute atomic E-state index is 12.4. The Morgan fingerprint density at radius 3 is 3.06 bits per heavy atom. The van der Waals surface area contributed by atoms with Crippen molar-refractivity contribution < 1.29 is 4.79 Å². The number of carbonyl (C=O) groups is 1. The average Bonchev–Trinajstić information content (AvgIpc) is 2.38. The minimum Gasteiger partial charge on any atom is -0.337 e. The summed E-state index contributed by atoms with van der Waals surface area (Å²) in [4.78, 5) is 22.5. The summed E-state index contributed by atoms with van der Waals surface area (Å²) in [7, 11) is 0. The smallest absolute Gasteiger partial charge is 0.274 e. The second-order valence-corrected chi connectivity index (χ2v) is 5.73. The first-order valence-electron chi connectivity index (χ1n) is 5.97. The molecular weight excluding hydrogens is 270 g/mol. The molecule has 18 heavy (non-hydrogen) atoms. The van der Waals surface area contributed by atoms with Crippen LogP contribution in [0.2, 0.25) is 5.02 Å². The van der Waals surface area contributed by atoms with Crippen LogP contribution in [0.3, 0.4) is 0 Å². The Morgan fingerprint density at radius 1 is 1.61 bits per heavy atom. The molecule has 0 aromatic carbocycles. The third kappa shape index (κ3) is 2.95. The molecule has 2 heterocycles. The first kappa shape index (κ1) is 13.6. The molecule has 1 aromatic heterocycles. The van der Waals surface area contributed by atoms with Crippen molar-refractivity contribution in [2.45, 2.75) is 24.9 Å². The third-order valence-electron chi connectivity index (χ3n) is 3.05. The third-order valence-corrected chi connectivity index (χ3v) is 3.89. The van der Waals surface area contributed by atoms with Gasteiger partial charge in [-0.1, -0.05) is 30.3 Å². The van der Waals surface area contributed by atoms with Gasteiger partial charge in [0.15, 0.2) is 10.9 Å². The van der Waals surface area contributed by atoms with Crippen LogP contribution in [-0.2, 0) is 0 Å². The van der Waals surface area contributed by atoms with E-state index in [2.05, 4.69) is 16.9 Å². The van der Waals surface area contributed by atoms with Crippen molar-refractivity contribution in [1.29, 1.82) is 0 Å². The SMILES string of the molecule is CSc1ncc(Cl)c(C(=O)N2CCCC(C)C2)n1. The van der Waals surface area contributed by atoms with E-state index in [9.17, 15) is 4.79 Å². The number of carbonyl (C=O) groups excluding carboxylic acids is 1. The Hall–Kier alpha value is -0.810. The molecule has 0 aliphatic carbocycles. The van der Waals surface area contributed by atoms with Crippen molar-refractivity contribution in [3.63, 3.8) is 0 Å². The van der Waals surface area contributed by atoms with Gasteiger partial charge >= 0.3 is 0 Å². The van der Waals surface area contributed by atoms with Crippen molar-refractivity contribution in [2.75, 3.05) is 19.3 Å². The highest BCUT2D eigenvalue weighted by molar-refractivity contribution is 7.98. The Balaban J connectivity index is 2.22. The van der Waals surface area contributed by atoms with Gasteiger partial charge in [0.25, 0.3) is 5.91 Å². The minimum atomic E-state index is -0.0794. The van der Waals surface area contributed by atoms with E-state index in [0.29, 0.717) is 21.8 Å². The summed E-state index contributed by atoms with van der Waals surface area (Å²) >= 11 is 7.43. The zero-order valence-electron chi connectivity index (χ0n) is 10.5. The first-order chi connectivity index (χ1) is 8.61. The maximum Gasteiger partial charge on any atom is 0.274 e. The Bertz CT molecular complexity index is 455. The predicted molar refractivity (Wildman–Crippen MR) is 73.1 cm³/mol. The van der Waals surface area contributed by atoms with E-state index >= 15 is 0 Å². The van der Waals surface area contributed by atoms with Gasteiger partial charge in [0.1, 0.15) is 0 Å². The van der Waals surface area contributed by atoms with Gasteiger partial charge in [0.2, 0.25) is 0 Å². The zero-order chi connectivity index (χ0) is 13.1. The second kappa shape index (κ2) is 5.89. The van der Waals surface area contributed by atoms with Crippen LogP contribution in [0, 0.1) is 5.92 Å². The summed E-state index contributed by atoms with van der Waals surface area (Å²) in [5.41, 5.74) is 0.324. The molecule has 0 spiro atoms. The van der Waals surface area contributed by atoms with Gasteiger partial charge in [0, 0.05) is 13.1 Å². The van der Waals surface area contributed by atoms with Gasteiger partial charge < -0.3 is 4.90 Å². The van der Waals surface area contributed by atoms with Crippen molar-refractivity contribution in [1.82, 2.24) is 14.9 Å². The predicted octanol–water partition coefficient (Wildman–Crippen LogP) is 2.72. The molecule has 0 radical (unpaired) electrons. The van der Waals surface area contributed by atoms with E-state index in [1.165, 1.54) is 24.4 Å². The number of aromatic nitrogens is 2. The number of nitrogens with zero attached hydrogens (tertiary/aromatic N) is 3. The molecule has 1 aliphatic rings. The number of piperidine rings is 1. The number of hydrogen-bond acceptors (Lipinski definition) is 4. The summed E-state index contributed by atoms with van der Waals surface area (Å²) in [6.07, 6.45) is 5.60. The van der Waals surface area contributed by atoms with Crippen LogP contribution in [0.4, 0.5) is 0 Å². The lowest BCUT2D eigenvalue weighted by Gasteiger charge is -2.30. The topological polar surface area (TPSA) is 46.1 Å². The van der Waals surface area contributed by atoms with Crippen LogP contribution in [-0.4, -0.2) is 40.1 Å². The molecular formula is C12H16ClN3OS. The molecule has 98 valence electrons. The van der Waals surface area contributed by atoms with E-state index in [1.54, 1.807) is 0 Å². The first-order valence-corrected chi connectivity index (χ1v) is 7.58. The highest BCUT2D eigenvalue weighted by atomic mass is 35.5. The number of rotatable bonds is 2. The molecule has 0 N–H and O–H groups in total. The van der Waals surface area contributed by atoms with Gasteiger partial charge in [-0.05, 0) is 25.0 Å². The molecule has 1 fully saturated rings. The van der Waals surface area contributed by atoms with E-state index in [1.807, 2.05) is 11.2 Å². The van der Waals surface area contributed by atoms with Gasteiger partial charge in [-0.2, -0.15) is 0 Å². The lowest BCUT2D eigenvalue weighted by molar-refractivity contribution is 0.0676. The van der Waals surface area contributed by atoms with Crippen LogP contribution in [0.15, 0.2) is 11.4 Å². The molecule has 2 rings (SSSR count). The number of likely N-dealkylation sites (tertiary alicyclic amines) is 1. The molecule has 1 saturated heterocycles. The molecule has 1 aliphatic heterocycles. The fourth-order valence-electron chi connectivity index (χ4n) is 2.12. The molecule has 0 bridgehead atoms. The van der Waals surface area contributed by atoms with Crippen LogP contribution < -0.4 is 0 Å². The van der Waals surface area contributed by atoms with E-state index in [-0.39, 0.29) is 5.91 Å². The zero-order valence-corrected chi connectivity index (χ0v) is 12.1. The normalized spacial score (nSPS) is 19.9. The summed E-state index contributed by atoms with van der Waals surface area (Å²) in [5, 5.41) is 0.906. The van der Waals surface area contributed by atoms with Crippen molar-refractivity contribution >= 4 is 29.3 Å². The summed E-state index contributed by atoms with van der Waals surface area (Å²) in [5.74, 6) is 0.465. The van der Waals surface area contributed by atoms with Crippen LogP contribution in [0.5, 0.6) is 0 Å². The second-order valence-electron chi connectivity index (χ2n) is 4.55. The number of hydrogen-bond donors (Lipinski definition) is 0. The van der Waals surface area contributed by atoms with E-state index in [4.69, 9.17) is 11.6 Å². The molecule has 1 unspecified atom stereocenters. The molecule has 4 nitrogen and oxygen atoms in total.